The van der Waals surface area contributed by atoms with Crippen LogP contribution in [-0.2, 0) is 17.8 Å². The largest absolute Gasteiger partial charge is 0.480 e. The Balaban J connectivity index is 1.89. The number of nitrogens with one attached hydrogen (secondary N) is 1. The highest BCUT2D eigenvalue weighted by Gasteiger charge is 2.11. The number of halogens is 1. The number of benzene rings is 2. The zero-order valence-corrected chi connectivity index (χ0v) is 13.1. The molecule has 0 amide bonds. The highest BCUT2D eigenvalue weighted by Crippen LogP contribution is 2.19. The van der Waals surface area contributed by atoms with Gasteiger partial charge in [0.15, 0.2) is 0 Å². The lowest BCUT2D eigenvalue weighted by atomic mass is 10.1. The second kappa shape index (κ2) is 8.29. The maximum absolute atomic E-state index is 13.8. The summed E-state index contributed by atoms with van der Waals surface area (Å²) >= 11 is 0. The summed E-state index contributed by atoms with van der Waals surface area (Å²) in [6, 6.07) is 15.0. The lowest BCUT2D eigenvalue weighted by Crippen LogP contribution is -2.26. The second-order valence-electron chi connectivity index (χ2n) is 5.45. The number of nitrogens with zero attached hydrogens (tertiary/aromatic N) is 1. The molecule has 0 saturated heterocycles. The summed E-state index contributed by atoms with van der Waals surface area (Å²) in [5.74, 6) is -1.40. The van der Waals surface area contributed by atoms with E-state index >= 15 is 0 Å². The van der Waals surface area contributed by atoms with Gasteiger partial charge in [-0.2, -0.15) is 0 Å². The van der Waals surface area contributed by atoms with Gasteiger partial charge >= 0.3 is 5.97 Å². The van der Waals surface area contributed by atoms with Crippen molar-refractivity contribution in [1.82, 2.24) is 5.32 Å². The van der Waals surface area contributed by atoms with E-state index in [0.717, 1.165) is 18.5 Å². The maximum Gasteiger partial charge on any atom is 0.323 e. The van der Waals surface area contributed by atoms with E-state index in [1.54, 1.807) is 19.2 Å². The van der Waals surface area contributed by atoms with E-state index in [1.807, 2.05) is 18.2 Å². The predicted molar refractivity (Wildman–Crippen MR) is 89.2 cm³/mol. The third-order valence-electron chi connectivity index (χ3n) is 3.56. The Hall–Kier alpha value is -2.40. The first kappa shape index (κ1) is 17.0. The summed E-state index contributed by atoms with van der Waals surface area (Å²) in [5.41, 5.74) is 2.49. The van der Waals surface area contributed by atoms with Crippen LogP contribution in [0.4, 0.5) is 10.1 Å². The predicted octanol–water partition coefficient (Wildman–Crippen LogP) is 2.68. The Morgan fingerprint density at radius 1 is 1.17 bits per heavy atom. The standard InChI is InChI=1S/C18H21FN2O2/c1-21(13-18(22)23)17-11-15(7-8-16(17)19)12-20-10-9-14-5-3-2-4-6-14/h2-8,11,20H,9-10,12-13H2,1H3,(H,22,23). The number of carboxylic acids is 1. The normalized spacial score (nSPS) is 10.5. The van der Waals surface area contributed by atoms with Crippen molar-refractivity contribution in [2.24, 2.45) is 0 Å². The fraction of sp³-hybridized carbons (Fsp3) is 0.278. The van der Waals surface area contributed by atoms with Crippen molar-refractivity contribution in [3.63, 3.8) is 0 Å². The molecule has 0 bridgehead atoms. The van der Waals surface area contributed by atoms with Crippen molar-refractivity contribution >= 4 is 11.7 Å². The number of hydrogen-bond acceptors (Lipinski definition) is 3. The monoisotopic (exact) mass is 316 g/mol. The van der Waals surface area contributed by atoms with Crippen molar-refractivity contribution in [3.05, 3.63) is 65.5 Å². The van der Waals surface area contributed by atoms with Gasteiger partial charge in [-0.1, -0.05) is 36.4 Å². The minimum atomic E-state index is -0.988. The Labute approximate surface area is 135 Å². The van der Waals surface area contributed by atoms with Crippen LogP contribution in [0, 0.1) is 5.82 Å². The summed E-state index contributed by atoms with van der Waals surface area (Å²) in [4.78, 5) is 12.1. The van der Waals surface area contributed by atoms with Gasteiger partial charge in [0.2, 0.25) is 0 Å². The molecular weight excluding hydrogens is 295 g/mol. The molecule has 0 aliphatic rings. The smallest absolute Gasteiger partial charge is 0.323 e. The van der Waals surface area contributed by atoms with Gasteiger partial charge in [-0.05, 0) is 36.2 Å². The van der Waals surface area contributed by atoms with Crippen LogP contribution in [0.15, 0.2) is 48.5 Å². The van der Waals surface area contributed by atoms with Gasteiger partial charge in [0.1, 0.15) is 12.4 Å². The van der Waals surface area contributed by atoms with Crippen LogP contribution in [0.3, 0.4) is 0 Å². The molecule has 0 aromatic heterocycles. The molecule has 2 aromatic rings. The number of likely N-dealkylation sites (N-methyl/N-ethyl adjacent to an activating group) is 1. The molecule has 2 aromatic carbocycles. The Morgan fingerprint density at radius 2 is 1.91 bits per heavy atom. The highest BCUT2D eigenvalue weighted by atomic mass is 19.1. The second-order valence-corrected chi connectivity index (χ2v) is 5.45. The van der Waals surface area contributed by atoms with Gasteiger partial charge < -0.3 is 15.3 Å². The quantitative estimate of drug-likeness (QED) is 0.735. The molecular formula is C18H21FN2O2. The summed E-state index contributed by atoms with van der Waals surface area (Å²) in [5, 5.41) is 12.1. The Bertz CT molecular complexity index is 647. The van der Waals surface area contributed by atoms with Crippen LogP contribution in [-0.4, -0.2) is 31.2 Å². The SMILES string of the molecule is CN(CC(=O)O)c1cc(CNCCc2ccccc2)ccc1F. The lowest BCUT2D eigenvalue weighted by Gasteiger charge is -2.18. The first-order valence-electron chi connectivity index (χ1n) is 7.52. The maximum atomic E-state index is 13.8. The summed E-state index contributed by atoms with van der Waals surface area (Å²) in [6.45, 7) is 1.20. The fourth-order valence-electron chi connectivity index (χ4n) is 2.36. The van der Waals surface area contributed by atoms with E-state index in [9.17, 15) is 9.18 Å². The molecule has 0 atom stereocenters. The lowest BCUT2D eigenvalue weighted by molar-refractivity contribution is -0.135. The topological polar surface area (TPSA) is 52.6 Å². The van der Waals surface area contributed by atoms with Gasteiger partial charge in [-0.15, -0.1) is 0 Å². The van der Waals surface area contributed by atoms with Gasteiger partial charge in [0, 0.05) is 13.6 Å². The zero-order chi connectivity index (χ0) is 16.7. The molecule has 23 heavy (non-hydrogen) atoms. The van der Waals surface area contributed by atoms with Crippen LogP contribution in [0.2, 0.25) is 0 Å². The van der Waals surface area contributed by atoms with Crippen LogP contribution in [0.1, 0.15) is 11.1 Å². The molecule has 0 heterocycles. The van der Waals surface area contributed by atoms with Gasteiger partial charge in [-0.3, -0.25) is 4.79 Å². The molecule has 122 valence electrons. The summed E-state index contributed by atoms with van der Waals surface area (Å²) < 4.78 is 13.8. The summed E-state index contributed by atoms with van der Waals surface area (Å²) in [7, 11) is 1.57. The average molecular weight is 316 g/mol. The Morgan fingerprint density at radius 3 is 2.61 bits per heavy atom. The van der Waals surface area contributed by atoms with Crippen molar-refractivity contribution in [2.45, 2.75) is 13.0 Å². The van der Waals surface area contributed by atoms with Crippen LogP contribution in [0.5, 0.6) is 0 Å². The Kier molecular flexibility index (Phi) is 6.11. The number of carboxylic acid groups (broad SMARTS) is 1. The molecule has 2 N–H and O–H groups in total. The number of rotatable bonds is 8. The number of carbonyl (C=O) groups is 1. The molecule has 5 heteroatoms. The van der Waals surface area contributed by atoms with Crippen molar-refractivity contribution < 1.29 is 14.3 Å². The number of aliphatic carboxylic acids is 1. The first-order valence-corrected chi connectivity index (χ1v) is 7.52. The fourth-order valence-corrected chi connectivity index (χ4v) is 2.36. The number of hydrogen-bond donors (Lipinski definition) is 2. The summed E-state index contributed by atoms with van der Waals surface area (Å²) in [6.07, 6.45) is 0.924. The highest BCUT2D eigenvalue weighted by molar-refractivity contribution is 5.73. The van der Waals surface area contributed by atoms with Gasteiger partial charge in [0.05, 0.1) is 5.69 Å². The van der Waals surface area contributed by atoms with E-state index in [2.05, 4.69) is 17.4 Å². The molecule has 4 nitrogen and oxygen atoms in total. The zero-order valence-electron chi connectivity index (χ0n) is 13.1. The average Bonchev–Trinajstić information content (AvgIpc) is 2.53. The molecule has 0 aliphatic heterocycles. The van der Waals surface area contributed by atoms with Crippen LogP contribution in [0.25, 0.3) is 0 Å². The van der Waals surface area contributed by atoms with Crippen molar-refractivity contribution in [1.29, 1.82) is 0 Å². The molecule has 0 radical (unpaired) electrons. The van der Waals surface area contributed by atoms with E-state index in [1.165, 1.54) is 16.5 Å². The van der Waals surface area contributed by atoms with E-state index in [0.29, 0.717) is 12.2 Å². The van der Waals surface area contributed by atoms with E-state index < -0.39 is 11.8 Å². The van der Waals surface area contributed by atoms with Crippen molar-refractivity contribution in [3.8, 4) is 0 Å². The molecule has 2 rings (SSSR count). The third-order valence-corrected chi connectivity index (χ3v) is 3.56. The molecule has 0 saturated carbocycles. The molecule has 0 spiro atoms. The van der Waals surface area contributed by atoms with Gasteiger partial charge in [0.25, 0.3) is 0 Å². The van der Waals surface area contributed by atoms with Crippen LogP contribution < -0.4 is 10.2 Å². The van der Waals surface area contributed by atoms with E-state index in [4.69, 9.17) is 5.11 Å². The molecule has 0 fully saturated rings. The molecule has 0 unspecified atom stereocenters. The number of anilines is 1. The minimum absolute atomic E-state index is 0.234. The molecule has 0 aliphatic carbocycles. The minimum Gasteiger partial charge on any atom is -0.480 e. The third kappa shape index (κ3) is 5.38. The van der Waals surface area contributed by atoms with E-state index in [-0.39, 0.29) is 6.54 Å². The van der Waals surface area contributed by atoms with Crippen LogP contribution >= 0.6 is 0 Å². The van der Waals surface area contributed by atoms with Crippen molar-refractivity contribution in [2.75, 3.05) is 25.0 Å². The van der Waals surface area contributed by atoms with Gasteiger partial charge in [-0.25, -0.2) is 4.39 Å². The first-order chi connectivity index (χ1) is 11.1.